The van der Waals surface area contributed by atoms with Gasteiger partial charge in [-0.1, -0.05) is 0 Å². The standard InChI is InChI=1S/C11H16BrN5O2/c1-2-19-11(18)17-5-3-16(4-6-17)10-14-8(12)7-9(13)15-10/h7H,2-6H2,1H3,(H2,13,14,15). The van der Waals surface area contributed by atoms with E-state index >= 15 is 0 Å². The van der Waals surface area contributed by atoms with Gasteiger partial charge in [0.25, 0.3) is 0 Å². The SMILES string of the molecule is CCOC(=O)N1CCN(c2nc(N)cc(Br)n2)CC1. The molecule has 0 aliphatic carbocycles. The van der Waals surface area contributed by atoms with Crippen molar-refractivity contribution in [1.29, 1.82) is 0 Å². The average molecular weight is 330 g/mol. The largest absolute Gasteiger partial charge is 0.450 e. The molecule has 0 saturated carbocycles. The van der Waals surface area contributed by atoms with Crippen LogP contribution in [-0.2, 0) is 4.74 Å². The number of nitrogens with two attached hydrogens (primary N) is 1. The Labute approximate surface area is 119 Å². The Hall–Kier alpha value is -1.57. The summed E-state index contributed by atoms with van der Waals surface area (Å²) in [6, 6.07) is 1.65. The minimum atomic E-state index is -0.267. The molecule has 0 spiro atoms. The fourth-order valence-corrected chi connectivity index (χ4v) is 2.26. The zero-order valence-electron chi connectivity index (χ0n) is 10.7. The monoisotopic (exact) mass is 329 g/mol. The molecule has 1 aromatic rings. The molecule has 1 amide bonds. The van der Waals surface area contributed by atoms with Crippen molar-refractivity contribution in [2.45, 2.75) is 6.92 Å². The van der Waals surface area contributed by atoms with E-state index in [1.807, 2.05) is 4.90 Å². The van der Waals surface area contributed by atoms with Crippen molar-refractivity contribution >= 4 is 33.8 Å². The third-order valence-corrected chi connectivity index (χ3v) is 3.20. The van der Waals surface area contributed by atoms with E-state index in [4.69, 9.17) is 10.5 Å². The van der Waals surface area contributed by atoms with Crippen molar-refractivity contribution in [2.75, 3.05) is 43.4 Å². The summed E-state index contributed by atoms with van der Waals surface area (Å²) in [5.41, 5.74) is 5.69. The summed E-state index contributed by atoms with van der Waals surface area (Å²) in [6.45, 7) is 4.70. The molecule has 0 bridgehead atoms. The lowest BCUT2D eigenvalue weighted by Crippen LogP contribution is -2.49. The van der Waals surface area contributed by atoms with E-state index in [1.54, 1.807) is 17.9 Å². The molecule has 0 radical (unpaired) electrons. The van der Waals surface area contributed by atoms with Crippen LogP contribution in [0, 0.1) is 0 Å². The van der Waals surface area contributed by atoms with Crippen molar-refractivity contribution in [3.63, 3.8) is 0 Å². The number of rotatable bonds is 2. The number of aromatic nitrogens is 2. The highest BCUT2D eigenvalue weighted by Crippen LogP contribution is 2.17. The Morgan fingerprint density at radius 3 is 2.68 bits per heavy atom. The van der Waals surface area contributed by atoms with E-state index in [0.29, 0.717) is 49.2 Å². The van der Waals surface area contributed by atoms with Crippen LogP contribution in [0.4, 0.5) is 16.6 Å². The number of hydrogen-bond donors (Lipinski definition) is 1. The summed E-state index contributed by atoms with van der Waals surface area (Å²) in [5, 5.41) is 0. The van der Waals surface area contributed by atoms with Crippen LogP contribution in [0.2, 0.25) is 0 Å². The third-order valence-electron chi connectivity index (χ3n) is 2.79. The molecule has 1 aromatic heterocycles. The Bertz CT molecular complexity index is 442. The lowest BCUT2D eigenvalue weighted by Gasteiger charge is -2.34. The summed E-state index contributed by atoms with van der Waals surface area (Å²) in [4.78, 5) is 23.7. The highest BCUT2D eigenvalue weighted by atomic mass is 79.9. The Kier molecular flexibility index (Phi) is 4.41. The Morgan fingerprint density at radius 1 is 1.42 bits per heavy atom. The van der Waals surface area contributed by atoms with E-state index < -0.39 is 0 Å². The molecule has 1 aliphatic heterocycles. The molecular weight excluding hydrogens is 314 g/mol. The molecule has 2 rings (SSSR count). The van der Waals surface area contributed by atoms with E-state index in [1.165, 1.54) is 0 Å². The first-order chi connectivity index (χ1) is 9.10. The molecule has 2 heterocycles. The van der Waals surface area contributed by atoms with Gasteiger partial charge >= 0.3 is 6.09 Å². The van der Waals surface area contributed by atoms with Crippen molar-refractivity contribution in [3.8, 4) is 0 Å². The molecule has 0 aromatic carbocycles. The van der Waals surface area contributed by atoms with E-state index in [-0.39, 0.29) is 6.09 Å². The summed E-state index contributed by atoms with van der Waals surface area (Å²) in [6.07, 6.45) is -0.267. The number of amides is 1. The van der Waals surface area contributed by atoms with E-state index in [9.17, 15) is 4.79 Å². The first kappa shape index (κ1) is 13.9. The normalized spacial score (nSPS) is 15.5. The predicted octanol–water partition coefficient (Wildman–Crippen LogP) is 1.10. The number of nitrogen functional groups attached to an aromatic ring is 1. The van der Waals surface area contributed by atoms with Gasteiger partial charge in [0.1, 0.15) is 10.4 Å². The molecule has 19 heavy (non-hydrogen) atoms. The van der Waals surface area contributed by atoms with Crippen LogP contribution in [0.5, 0.6) is 0 Å². The number of halogens is 1. The minimum absolute atomic E-state index is 0.267. The number of anilines is 2. The Balaban J connectivity index is 1.97. The highest BCUT2D eigenvalue weighted by Gasteiger charge is 2.23. The fourth-order valence-electron chi connectivity index (χ4n) is 1.87. The van der Waals surface area contributed by atoms with Gasteiger partial charge in [-0.3, -0.25) is 0 Å². The summed E-state index contributed by atoms with van der Waals surface area (Å²) < 4.78 is 5.63. The van der Waals surface area contributed by atoms with Crippen LogP contribution in [0.3, 0.4) is 0 Å². The molecule has 104 valence electrons. The molecule has 1 fully saturated rings. The highest BCUT2D eigenvalue weighted by molar-refractivity contribution is 9.10. The summed E-state index contributed by atoms with van der Waals surface area (Å²) in [7, 11) is 0. The Morgan fingerprint density at radius 2 is 2.11 bits per heavy atom. The molecule has 0 unspecified atom stereocenters. The molecule has 0 atom stereocenters. The molecule has 1 aliphatic rings. The second kappa shape index (κ2) is 6.05. The van der Waals surface area contributed by atoms with Gasteiger partial charge in [0, 0.05) is 32.2 Å². The number of piperazine rings is 1. The maximum atomic E-state index is 11.6. The van der Waals surface area contributed by atoms with Gasteiger partial charge in [-0.25, -0.2) is 9.78 Å². The number of carbonyl (C=O) groups excluding carboxylic acids is 1. The summed E-state index contributed by atoms with van der Waals surface area (Å²) >= 11 is 3.29. The van der Waals surface area contributed by atoms with Gasteiger partial charge in [-0.2, -0.15) is 4.98 Å². The van der Waals surface area contributed by atoms with Gasteiger partial charge in [-0.15, -0.1) is 0 Å². The molecule has 7 nitrogen and oxygen atoms in total. The third kappa shape index (κ3) is 3.46. The molecular formula is C11H16BrN5O2. The molecule has 2 N–H and O–H groups in total. The predicted molar refractivity (Wildman–Crippen MR) is 75.0 cm³/mol. The quantitative estimate of drug-likeness (QED) is 0.818. The zero-order valence-corrected chi connectivity index (χ0v) is 12.3. The average Bonchev–Trinajstić information content (AvgIpc) is 2.38. The molecule has 8 heteroatoms. The van der Waals surface area contributed by atoms with Crippen LogP contribution >= 0.6 is 15.9 Å². The van der Waals surface area contributed by atoms with E-state index in [2.05, 4.69) is 25.9 Å². The lowest BCUT2D eigenvalue weighted by molar-refractivity contribution is 0.105. The van der Waals surface area contributed by atoms with Crippen LogP contribution < -0.4 is 10.6 Å². The van der Waals surface area contributed by atoms with Gasteiger partial charge < -0.3 is 20.3 Å². The van der Waals surface area contributed by atoms with Crippen molar-refractivity contribution < 1.29 is 9.53 Å². The van der Waals surface area contributed by atoms with Crippen LogP contribution in [0.25, 0.3) is 0 Å². The zero-order chi connectivity index (χ0) is 13.8. The van der Waals surface area contributed by atoms with Gasteiger partial charge in [0.15, 0.2) is 0 Å². The lowest BCUT2D eigenvalue weighted by atomic mass is 10.3. The van der Waals surface area contributed by atoms with Gasteiger partial charge in [0.2, 0.25) is 5.95 Å². The number of carbonyl (C=O) groups is 1. The first-order valence-electron chi connectivity index (χ1n) is 6.07. The maximum absolute atomic E-state index is 11.6. The van der Waals surface area contributed by atoms with Gasteiger partial charge in [-0.05, 0) is 22.9 Å². The summed E-state index contributed by atoms with van der Waals surface area (Å²) in [5.74, 6) is 1.00. The minimum Gasteiger partial charge on any atom is -0.450 e. The second-order valence-electron chi connectivity index (χ2n) is 4.09. The van der Waals surface area contributed by atoms with Crippen LogP contribution in [0.15, 0.2) is 10.7 Å². The maximum Gasteiger partial charge on any atom is 0.409 e. The number of ether oxygens (including phenoxy) is 1. The van der Waals surface area contributed by atoms with Crippen molar-refractivity contribution in [3.05, 3.63) is 10.7 Å². The number of nitrogens with zero attached hydrogens (tertiary/aromatic N) is 4. The molecule has 1 saturated heterocycles. The van der Waals surface area contributed by atoms with Crippen molar-refractivity contribution in [2.24, 2.45) is 0 Å². The fraction of sp³-hybridized carbons (Fsp3) is 0.545. The van der Waals surface area contributed by atoms with Gasteiger partial charge in [0.05, 0.1) is 6.61 Å². The smallest absolute Gasteiger partial charge is 0.409 e. The van der Waals surface area contributed by atoms with E-state index in [0.717, 1.165) is 0 Å². The number of hydrogen-bond acceptors (Lipinski definition) is 6. The topological polar surface area (TPSA) is 84.6 Å². The second-order valence-corrected chi connectivity index (χ2v) is 4.90. The van der Waals surface area contributed by atoms with Crippen LogP contribution in [0.1, 0.15) is 6.92 Å². The van der Waals surface area contributed by atoms with Crippen molar-refractivity contribution in [1.82, 2.24) is 14.9 Å². The first-order valence-corrected chi connectivity index (χ1v) is 6.86. The van der Waals surface area contributed by atoms with Crippen LogP contribution in [-0.4, -0.2) is 53.7 Å².